The number of carbonyl (C=O) groups is 1. The van der Waals surface area contributed by atoms with Crippen LogP contribution < -0.4 is 19.5 Å². The number of aryl methyl sites for hydroxylation is 1. The fraction of sp³-hybridized carbons (Fsp3) is 0.435. The third-order valence-electron chi connectivity index (χ3n) is 4.77. The minimum atomic E-state index is -0.0214. The van der Waals surface area contributed by atoms with Crippen LogP contribution in [0.25, 0.3) is 0 Å². The first kappa shape index (κ1) is 20.1. The lowest BCUT2D eigenvalue weighted by Gasteiger charge is -2.22. The third-order valence-corrected chi connectivity index (χ3v) is 4.77. The zero-order valence-electron chi connectivity index (χ0n) is 16.7. The molecule has 0 spiro atoms. The summed E-state index contributed by atoms with van der Waals surface area (Å²) in [5, 5.41) is 3.13. The maximum absolute atomic E-state index is 12.3. The standard InChI is InChI=1S/C23H29NO4/c1-3-20(18-10-11-21-22(16-18)28-14-13-27-21)24-23(25)9-4-5-12-26-19-8-6-7-17(2)15-19/h6-8,10-11,15-16,20H,3-5,9,12-14H2,1-2H3,(H,24,25). The highest BCUT2D eigenvalue weighted by atomic mass is 16.6. The number of ether oxygens (including phenoxy) is 3. The molecule has 5 heteroatoms. The van der Waals surface area contributed by atoms with Crippen LogP contribution in [-0.4, -0.2) is 25.7 Å². The van der Waals surface area contributed by atoms with Crippen molar-refractivity contribution >= 4 is 5.91 Å². The second-order valence-corrected chi connectivity index (χ2v) is 7.05. The molecule has 0 fully saturated rings. The predicted octanol–water partition coefficient (Wildman–Crippen LogP) is 4.58. The van der Waals surface area contributed by atoms with E-state index in [0.29, 0.717) is 26.2 Å². The molecular formula is C23H29NO4. The minimum Gasteiger partial charge on any atom is -0.494 e. The lowest BCUT2D eigenvalue weighted by Crippen LogP contribution is -2.28. The zero-order chi connectivity index (χ0) is 19.8. The molecule has 0 saturated heterocycles. The van der Waals surface area contributed by atoms with Gasteiger partial charge < -0.3 is 19.5 Å². The highest BCUT2D eigenvalue weighted by Crippen LogP contribution is 2.33. The zero-order valence-corrected chi connectivity index (χ0v) is 16.7. The Morgan fingerprint density at radius 2 is 1.93 bits per heavy atom. The molecule has 1 heterocycles. The summed E-state index contributed by atoms with van der Waals surface area (Å²) >= 11 is 0. The van der Waals surface area contributed by atoms with E-state index in [1.165, 1.54) is 5.56 Å². The summed E-state index contributed by atoms with van der Waals surface area (Å²) in [5.41, 5.74) is 2.23. The highest BCUT2D eigenvalue weighted by molar-refractivity contribution is 5.76. The van der Waals surface area contributed by atoms with Crippen LogP contribution in [0.4, 0.5) is 0 Å². The van der Waals surface area contributed by atoms with Crippen molar-refractivity contribution in [2.24, 2.45) is 0 Å². The number of hydrogen-bond donors (Lipinski definition) is 1. The number of fused-ring (bicyclic) bond motifs is 1. The van der Waals surface area contributed by atoms with Crippen LogP contribution in [0, 0.1) is 6.92 Å². The number of amides is 1. The van der Waals surface area contributed by atoms with Gasteiger partial charge in [-0.2, -0.15) is 0 Å². The van der Waals surface area contributed by atoms with E-state index in [1.807, 2.05) is 49.4 Å². The van der Waals surface area contributed by atoms with Gasteiger partial charge in [0.25, 0.3) is 0 Å². The van der Waals surface area contributed by atoms with Crippen LogP contribution in [0.3, 0.4) is 0 Å². The minimum absolute atomic E-state index is 0.0214. The van der Waals surface area contributed by atoms with Crippen LogP contribution in [-0.2, 0) is 4.79 Å². The lowest BCUT2D eigenvalue weighted by molar-refractivity contribution is -0.122. The Bertz CT molecular complexity index is 790. The number of hydrogen-bond acceptors (Lipinski definition) is 4. The fourth-order valence-electron chi connectivity index (χ4n) is 3.25. The van der Waals surface area contributed by atoms with Gasteiger partial charge in [0, 0.05) is 6.42 Å². The van der Waals surface area contributed by atoms with Crippen LogP contribution >= 0.6 is 0 Å². The van der Waals surface area contributed by atoms with Gasteiger partial charge in [-0.1, -0.05) is 25.1 Å². The Labute approximate surface area is 167 Å². The molecule has 1 unspecified atom stereocenters. The predicted molar refractivity (Wildman–Crippen MR) is 109 cm³/mol. The summed E-state index contributed by atoms with van der Waals surface area (Å²) in [5.74, 6) is 2.47. The van der Waals surface area contributed by atoms with Crippen molar-refractivity contribution in [3.63, 3.8) is 0 Å². The molecule has 0 saturated carbocycles. The molecule has 150 valence electrons. The molecule has 0 radical (unpaired) electrons. The van der Waals surface area contributed by atoms with Crippen molar-refractivity contribution < 1.29 is 19.0 Å². The Hall–Kier alpha value is -2.69. The van der Waals surface area contributed by atoms with E-state index in [4.69, 9.17) is 14.2 Å². The van der Waals surface area contributed by atoms with Gasteiger partial charge in [-0.25, -0.2) is 0 Å². The molecule has 1 atom stereocenters. The summed E-state index contributed by atoms with van der Waals surface area (Å²) in [6.07, 6.45) is 2.97. The highest BCUT2D eigenvalue weighted by Gasteiger charge is 2.17. The molecule has 28 heavy (non-hydrogen) atoms. The SMILES string of the molecule is CCC(NC(=O)CCCCOc1cccc(C)c1)c1ccc2c(c1)OCCO2. The fourth-order valence-corrected chi connectivity index (χ4v) is 3.25. The number of nitrogens with one attached hydrogen (secondary N) is 1. The Balaban J connectivity index is 1.41. The van der Waals surface area contributed by atoms with Crippen LogP contribution in [0.2, 0.25) is 0 Å². The van der Waals surface area contributed by atoms with Gasteiger partial charge in [0.2, 0.25) is 5.91 Å². The van der Waals surface area contributed by atoms with E-state index in [1.54, 1.807) is 0 Å². The average Bonchev–Trinajstić information content (AvgIpc) is 2.71. The van der Waals surface area contributed by atoms with E-state index < -0.39 is 0 Å². The van der Waals surface area contributed by atoms with E-state index in [-0.39, 0.29) is 11.9 Å². The van der Waals surface area contributed by atoms with Crippen molar-refractivity contribution in [3.8, 4) is 17.2 Å². The molecule has 1 amide bonds. The van der Waals surface area contributed by atoms with Gasteiger partial charge in [0.15, 0.2) is 11.5 Å². The molecule has 0 aromatic heterocycles. The maximum atomic E-state index is 12.3. The molecule has 1 aliphatic heterocycles. The molecule has 2 aromatic carbocycles. The van der Waals surface area contributed by atoms with Gasteiger partial charge in [-0.15, -0.1) is 0 Å². The topological polar surface area (TPSA) is 56.8 Å². The first-order valence-electron chi connectivity index (χ1n) is 10.0. The van der Waals surface area contributed by atoms with E-state index >= 15 is 0 Å². The summed E-state index contributed by atoms with van der Waals surface area (Å²) < 4.78 is 16.9. The van der Waals surface area contributed by atoms with Crippen molar-refractivity contribution in [1.29, 1.82) is 0 Å². The largest absolute Gasteiger partial charge is 0.494 e. The molecule has 1 N–H and O–H groups in total. The van der Waals surface area contributed by atoms with Gasteiger partial charge in [-0.3, -0.25) is 4.79 Å². The van der Waals surface area contributed by atoms with Gasteiger partial charge >= 0.3 is 0 Å². The molecule has 0 aliphatic carbocycles. The van der Waals surface area contributed by atoms with E-state index in [2.05, 4.69) is 12.2 Å². The van der Waals surface area contributed by atoms with Crippen LogP contribution in [0.1, 0.15) is 49.8 Å². The lowest BCUT2D eigenvalue weighted by atomic mass is 10.0. The van der Waals surface area contributed by atoms with Gasteiger partial charge in [-0.05, 0) is 61.6 Å². The molecule has 1 aliphatic rings. The third kappa shape index (κ3) is 5.65. The van der Waals surface area contributed by atoms with Crippen LogP contribution in [0.5, 0.6) is 17.2 Å². The van der Waals surface area contributed by atoms with Crippen molar-refractivity contribution in [2.75, 3.05) is 19.8 Å². The first-order valence-corrected chi connectivity index (χ1v) is 10.0. The smallest absolute Gasteiger partial charge is 0.220 e. The molecule has 2 aromatic rings. The monoisotopic (exact) mass is 383 g/mol. The number of rotatable bonds is 9. The second-order valence-electron chi connectivity index (χ2n) is 7.05. The quantitative estimate of drug-likeness (QED) is 0.644. The molecule has 3 rings (SSSR count). The first-order chi connectivity index (χ1) is 13.7. The summed E-state index contributed by atoms with van der Waals surface area (Å²) in [4.78, 5) is 12.3. The Kier molecular flexibility index (Phi) is 7.18. The normalized spacial score (nSPS) is 13.6. The van der Waals surface area contributed by atoms with E-state index in [9.17, 15) is 4.79 Å². The second kappa shape index (κ2) is 10.0. The number of unbranched alkanes of at least 4 members (excludes halogenated alkanes) is 1. The van der Waals surface area contributed by atoms with Crippen molar-refractivity contribution in [1.82, 2.24) is 5.32 Å². The van der Waals surface area contributed by atoms with Gasteiger partial charge in [0.05, 0.1) is 12.6 Å². The van der Waals surface area contributed by atoms with Gasteiger partial charge in [0.1, 0.15) is 19.0 Å². The summed E-state index contributed by atoms with van der Waals surface area (Å²) in [6, 6.07) is 13.9. The van der Waals surface area contributed by atoms with Crippen molar-refractivity contribution in [3.05, 3.63) is 53.6 Å². The Morgan fingerprint density at radius 1 is 1.11 bits per heavy atom. The maximum Gasteiger partial charge on any atom is 0.220 e. The number of carbonyl (C=O) groups excluding carboxylic acids is 1. The summed E-state index contributed by atoms with van der Waals surface area (Å²) in [6.45, 7) is 5.87. The average molecular weight is 383 g/mol. The van der Waals surface area contributed by atoms with E-state index in [0.717, 1.165) is 42.1 Å². The Morgan fingerprint density at radius 3 is 2.71 bits per heavy atom. The summed E-state index contributed by atoms with van der Waals surface area (Å²) in [7, 11) is 0. The molecule has 0 bridgehead atoms. The van der Waals surface area contributed by atoms with Crippen LogP contribution in [0.15, 0.2) is 42.5 Å². The molecule has 5 nitrogen and oxygen atoms in total. The molecular weight excluding hydrogens is 354 g/mol. The van der Waals surface area contributed by atoms with Crippen molar-refractivity contribution in [2.45, 2.75) is 45.6 Å². The number of benzene rings is 2.